The topological polar surface area (TPSA) is 362 Å². The molecule has 1 fully saturated rings. The molecule has 1 unspecified atom stereocenters. The Morgan fingerprint density at radius 2 is 1.09 bits per heavy atom. The predicted octanol–water partition coefficient (Wildman–Crippen LogP) is 0.323. The van der Waals surface area contributed by atoms with Crippen molar-refractivity contribution in [2.24, 2.45) is 5.41 Å². The third kappa shape index (κ3) is 31.9. The number of imide groups is 1. The Labute approximate surface area is 663 Å². The van der Waals surface area contributed by atoms with Crippen LogP contribution in [0.5, 0.6) is 5.75 Å². The molecule has 0 saturated carbocycles. The van der Waals surface area contributed by atoms with Gasteiger partial charge in [-0.15, -0.1) is 5.06 Å². The summed E-state index contributed by atoms with van der Waals surface area (Å²) in [5.74, 6) is -2.37. The van der Waals surface area contributed by atoms with Crippen LogP contribution in [-0.4, -0.2) is 262 Å². The second-order valence-corrected chi connectivity index (χ2v) is 30.3. The summed E-state index contributed by atoms with van der Waals surface area (Å²) in [6.07, 6.45) is 13.4. The molecule has 4 aliphatic rings. The summed E-state index contributed by atoms with van der Waals surface area (Å²) in [6, 6.07) is 7.79. The Morgan fingerprint density at radius 1 is 0.610 bits per heavy atom. The molecule has 0 aliphatic carbocycles. The van der Waals surface area contributed by atoms with Crippen molar-refractivity contribution < 1.29 is 183 Å². The molecule has 578 valence electrons. The smallest absolute Gasteiger partial charge is 0.748 e. The van der Waals surface area contributed by atoms with Crippen molar-refractivity contribution in [2.75, 3.05) is 189 Å². The molecule has 2 aromatic rings. The summed E-state index contributed by atoms with van der Waals surface area (Å²) in [4.78, 5) is 44.3. The minimum Gasteiger partial charge on any atom is -0.748 e. The van der Waals surface area contributed by atoms with Gasteiger partial charge < -0.3 is 85.0 Å². The minimum absolute atomic E-state index is 0. The average molecular weight is 1560 g/mol. The Hall–Kier alpha value is -3.73. The first kappa shape index (κ1) is 93.6. The van der Waals surface area contributed by atoms with Crippen LogP contribution < -0.4 is 68.8 Å². The number of anilines is 1. The van der Waals surface area contributed by atoms with E-state index < -0.39 is 80.9 Å². The standard InChI is InChI=1S/C71H105N3O26S3.2Na/c1-55-54-71(22-26-89-32-34-93-40-42-97-46-44-95-38-36-91-30-28-87-6,23-27-90-33-35-94-41-43-98-47-45-96-39-37-92-31-29-88-7)73(25-13-49-102(81,82)83)62-53-63-59(52-58(55)62)56(50-65(99-63)69(2,3)4)14-9-8-10-15-64-70(5,21-11-16-68(77)100-74-66(75)19-20-67(74)76)60-51-57(103(84,85)86)17-18-61(60)72(64)24-12-48-101(78,79)80;;/h8-10,14-15,17-18,50-54H,11-13,16,19-49H2,1-7H3,(H2-,78,79,80,81,82,83,84,85,86);;/q;2*+1/p-2. The molecule has 105 heavy (non-hydrogen) atoms. The molecule has 2 aromatic carbocycles. The largest absolute Gasteiger partial charge is 1.00 e. The first-order chi connectivity index (χ1) is 49.1. The molecular weight excluding hydrogens is 1450 g/mol. The summed E-state index contributed by atoms with van der Waals surface area (Å²) in [6.45, 7) is 18.4. The van der Waals surface area contributed by atoms with Crippen LogP contribution in [0.15, 0.2) is 83.5 Å². The Kier molecular flexibility index (Phi) is 42.3. The van der Waals surface area contributed by atoms with Crippen molar-refractivity contribution in [1.29, 1.82) is 0 Å². The van der Waals surface area contributed by atoms with Gasteiger partial charge in [0.05, 0.1) is 168 Å². The van der Waals surface area contributed by atoms with Crippen LogP contribution >= 0.6 is 0 Å². The van der Waals surface area contributed by atoms with E-state index in [1.165, 1.54) is 12.1 Å². The van der Waals surface area contributed by atoms with E-state index in [-0.39, 0.29) is 144 Å². The van der Waals surface area contributed by atoms with E-state index in [1.54, 1.807) is 50.0 Å². The molecule has 29 nitrogen and oxygen atoms in total. The van der Waals surface area contributed by atoms with E-state index in [1.807, 2.05) is 52.0 Å². The summed E-state index contributed by atoms with van der Waals surface area (Å²) >= 11 is 0. The quantitative estimate of drug-likeness (QED) is 0.0215. The van der Waals surface area contributed by atoms with Crippen LogP contribution in [0.1, 0.15) is 109 Å². The predicted molar refractivity (Wildman–Crippen MR) is 377 cm³/mol. The van der Waals surface area contributed by atoms with E-state index in [4.69, 9.17) is 66.4 Å². The SMILES string of the molecule is COCCOCCOCCOCCOCCOCCC1(CCOCCOCCOCCOCCOCCOC)C=C(C)c2cc3c(cc2N1CCCS(=O)(=O)[O-])OC(C(C)(C)C)=CC3=CC=CC=CC1=[N+](CCCS(=O)(=O)[O-])c2ccc(S(=O)(=O)[O-])cc2C1(C)CCCC(=O)ON1C(=O)CCC1=O.[Na+].[Na+]. The van der Waals surface area contributed by atoms with Crippen molar-refractivity contribution in [3.8, 4) is 5.75 Å². The third-order valence-electron chi connectivity index (χ3n) is 17.2. The van der Waals surface area contributed by atoms with E-state index >= 15 is 0 Å². The number of carbonyl (C=O) groups excluding carboxylic acids is 3. The maximum atomic E-state index is 13.1. The van der Waals surface area contributed by atoms with Crippen LogP contribution in [-0.2, 0) is 112 Å². The number of methoxy groups -OCH3 is 2. The number of benzene rings is 2. The fourth-order valence-corrected chi connectivity index (χ4v) is 13.4. The first-order valence-corrected chi connectivity index (χ1v) is 39.2. The van der Waals surface area contributed by atoms with Gasteiger partial charge in [-0.25, -0.2) is 30.0 Å². The van der Waals surface area contributed by atoms with Gasteiger partial charge in [0.15, 0.2) is 5.71 Å². The molecule has 0 radical (unpaired) electrons. The number of nitrogens with zero attached hydrogens (tertiary/aromatic N) is 3. The van der Waals surface area contributed by atoms with Gasteiger partial charge in [-0.2, -0.15) is 4.58 Å². The second-order valence-electron chi connectivity index (χ2n) is 25.9. The van der Waals surface area contributed by atoms with Gasteiger partial charge in [-0.3, -0.25) is 9.59 Å². The van der Waals surface area contributed by atoms with E-state index in [2.05, 4.69) is 11.0 Å². The fourth-order valence-electron chi connectivity index (χ4n) is 12.0. The van der Waals surface area contributed by atoms with Gasteiger partial charge in [0.2, 0.25) is 5.69 Å². The number of allylic oxidation sites excluding steroid dienone is 9. The first-order valence-electron chi connectivity index (χ1n) is 34.7. The molecule has 0 spiro atoms. The second kappa shape index (κ2) is 47.5. The van der Waals surface area contributed by atoms with E-state index in [0.717, 1.165) is 34.0 Å². The normalized spacial score (nSPS) is 17.1. The molecule has 0 bridgehead atoms. The molecule has 4 aliphatic heterocycles. The van der Waals surface area contributed by atoms with Gasteiger partial charge >= 0.3 is 65.1 Å². The zero-order chi connectivity index (χ0) is 74.9. The van der Waals surface area contributed by atoms with Gasteiger partial charge in [0.1, 0.15) is 28.2 Å². The number of amides is 2. The molecule has 1 atom stereocenters. The molecule has 4 heterocycles. The number of hydrogen-bond donors (Lipinski definition) is 0. The number of carbonyl (C=O) groups is 3. The van der Waals surface area contributed by atoms with Crippen LogP contribution in [0.2, 0.25) is 0 Å². The average Bonchev–Trinajstić information content (AvgIpc) is 1.08. The number of hydroxylamine groups is 2. The minimum atomic E-state index is -4.98. The summed E-state index contributed by atoms with van der Waals surface area (Å²) in [5, 5.41) is 0.444. The molecule has 0 aromatic heterocycles. The van der Waals surface area contributed by atoms with Crippen LogP contribution in [0, 0.1) is 5.41 Å². The van der Waals surface area contributed by atoms with Crippen molar-refractivity contribution in [1.82, 2.24) is 5.06 Å². The fraction of sp³-hybridized carbons (Fsp3) is 0.634. The molecule has 2 amide bonds. The van der Waals surface area contributed by atoms with Crippen molar-refractivity contribution in [3.05, 3.63) is 95.3 Å². The Morgan fingerprint density at radius 3 is 1.55 bits per heavy atom. The van der Waals surface area contributed by atoms with Gasteiger partial charge in [-0.05, 0) is 81.4 Å². The molecule has 6 rings (SSSR count). The third-order valence-corrected chi connectivity index (χ3v) is 19.6. The number of fused-ring (bicyclic) bond motifs is 3. The van der Waals surface area contributed by atoms with Crippen molar-refractivity contribution >= 4 is 76.4 Å². The molecular formula is C71H103N3Na2O26S3. The van der Waals surface area contributed by atoms with Crippen molar-refractivity contribution in [2.45, 2.75) is 108 Å². The number of ether oxygens (including phenoxy) is 13. The Bertz CT molecular complexity index is 3580. The zero-order valence-electron chi connectivity index (χ0n) is 62.4. The Balaban J connectivity index is 0.0000117. The van der Waals surface area contributed by atoms with Crippen molar-refractivity contribution in [3.63, 3.8) is 0 Å². The molecule has 1 saturated heterocycles. The van der Waals surface area contributed by atoms with E-state index in [0.29, 0.717) is 165 Å². The summed E-state index contributed by atoms with van der Waals surface area (Å²) in [7, 11) is -11.0. The van der Waals surface area contributed by atoms with Gasteiger partial charge in [-0.1, -0.05) is 51.2 Å². The molecule has 0 N–H and O–H groups in total. The van der Waals surface area contributed by atoms with Crippen LogP contribution in [0.3, 0.4) is 0 Å². The molecule has 34 heteroatoms. The zero-order valence-corrected chi connectivity index (χ0v) is 68.8. The number of rotatable bonds is 53. The van der Waals surface area contributed by atoms with Gasteiger partial charge in [0.25, 0.3) is 11.8 Å². The van der Waals surface area contributed by atoms with Gasteiger partial charge in [0, 0.05) is 117 Å². The summed E-state index contributed by atoms with van der Waals surface area (Å²) < 4.78 is 186. The number of hydrogen-bond acceptors (Lipinski definition) is 27. The van der Waals surface area contributed by atoms with E-state index in [9.17, 15) is 53.3 Å². The maximum absolute atomic E-state index is 13.1. The summed E-state index contributed by atoms with van der Waals surface area (Å²) in [5.41, 5.74) is 2.70. The van der Waals surface area contributed by atoms with Crippen LogP contribution in [0.4, 0.5) is 11.4 Å². The maximum Gasteiger partial charge on any atom is 1.00 e. The monoisotopic (exact) mass is 1560 g/mol. The van der Waals surface area contributed by atoms with Crippen LogP contribution in [0.25, 0.3) is 11.1 Å².